The van der Waals surface area contributed by atoms with Gasteiger partial charge >= 0.3 is 24.2 Å². The van der Waals surface area contributed by atoms with Crippen molar-refractivity contribution in [1.82, 2.24) is 0 Å². The smallest absolute Gasteiger partial charge is 0.435 e. The molecule has 0 aliphatic carbocycles. The predicted octanol–water partition coefficient (Wildman–Crippen LogP) is 5.16. The zero-order valence-electron chi connectivity index (χ0n) is 11.5. The summed E-state index contributed by atoms with van der Waals surface area (Å²) in [5.74, 6) is -2.90. The molecule has 1 N–H and O–H groups in total. The van der Waals surface area contributed by atoms with Crippen LogP contribution in [-0.4, -0.2) is 29.2 Å². The highest BCUT2D eigenvalue weighted by Crippen LogP contribution is 2.57. The molecule has 0 spiro atoms. The van der Waals surface area contributed by atoms with E-state index in [1.165, 1.54) is 0 Å². The fourth-order valence-electron chi connectivity index (χ4n) is 1.98. The van der Waals surface area contributed by atoms with Crippen LogP contribution in [0.2, 0.25) is 0 Å². The van der Waals surface area contributed by atoms with Crippen LogP contribution in [0.25, 0.3) is 5.76 Å². The third kappa shape index (κ3) is 3.21. The standard InChI is InChI=1S/C13H6F10O2/c14-10(12(18,19)20,13(21,22)23)9-8(25-9)7(24)5-2-1-3-6(4-5)11(15,16)17/h1-4,9,24H/b8-7+. The molecular formula is C13H6F10O2. The highest BCUT2D eigenvalue weighted by Gasteiger charge is 2.82. The second-order valence-corrected chi connectivity index (χ2v) is 5.00. The molecule has 1 fully saturated rings. The van der Waals surface area contributed by atoms with Gasteiger partial charge in [0.1, 0.15) is 0 Å². The summed E-state index contributed by atoms with van der Waals surface area (Å²) in [4.78, 5) is 0. The quantitative estimate of drug-likeness (QED) is 0.434. The average Bonchev–Trinajstić information content (AvgIpc) is 3.23. The summed E-state index contributed by atoms with van der Waals surface area (Å²) >= 11 is 0. The van der Waals surface area contributed by atoms with E-state index >= 15 is 0 Å². The van der Waals surface area contributed by atoms with Crippen LogP contribution in [0.4, 0.5) is 43.9 Å². The number of hydrogen-bond donors (Lipinski definition) is 1. The lowest BCUT2D eigenvalue weighted by Crippen LogP contribution is -2.57. The van der Waals surface area contributed by atoms with Gasteiger partial charge < -0.3 is 9.84 Å². The molecule has 1 aromatic rings. The molecule has 0 radical (unpaired) electrons. The zero-order valence-corrected chi connectivity index (χ0v) is 11.5. The first-order valence-electron chi connectivity index (χ1n) is 6.20. The van der Waals surface area contributed by atoms with Crippen LogP contribution in [-0.2, 0) is 10.9 Å². The molecule has 0 bridgehead atoms. The minimum Gasteiger partial charge on any atom is -0.504 e. The highest BCUT2D eigenvalue weighted by atomic mass is 19.4. The third-order valence-corrected chi connectivity index (χ3v) is 3.31. The SMILES string of the molecule is O/C(=C1/OC1C(F)(C(F)(F)F)C(F)(F)F)c1cccc(C(F)(F)F)c1. The summed E-state index contributed by atoms with van der Waals surface area (Å²) in [6, 6.07) is 2.35. The lowest BCUT2D eigenvalue weighted by molar-refractivity contribution is -0.345. The van der Waals surface area contributed by atoms with Crippen molar-refractivity contribution in [2.75, 3.05) is 0 Å². The number of halogens is 10. The van der Waals surface area contributed by atoms with E-state index in [9.17, 15) is 49.0 Å². The molecule has 1 heterocycles. The first-order valence-corrected chi connectivity index (χ1v) is 6.20. The molecule has 2 nitrogen and oxygen atoms in total. The Kier molecular flexibility index (Phi) is 4.17. The van der Waals surface area contributed by atoms with Crippen molar-refractivity contribution >= 4 is 5.76 Å². The van der Waals surface area contributed by atoms with Crippen LogP contribution in [0.3, 0.4) is 0 Å². The van der Waals surface area contributed by atoms with Gasteiger partial charge in [-0.2, -0.15) is 39.5 Å². The van der Waals surface area contributed by atoms with Crippen molar-refractivity contribution in [3.05, 3.63) is 41.2 Å². The normalized spacial score (nSPS) is 21.0. The molecule has 140 valence electrons. The second-order valence-electron chi connectivity index (χ2n) is 5.00. The van der Waals surface area contributed by atoms with Crippen LogP contribution in [0.15, 0.2) is 30.0 Å². The lowest BCUT2D eigenvalue weighted by atomic mass is 9.98. The van der Waals surface area contributed by atoms with Crippen molar-refractivity contribution in [2.45, 2.75) is 30.3 Å². The first kappa shape index (κ1) is 19.2. The van der Waals surface area contributed by atoms with Crippen molar-refractivity contribution in [3.63, 3.8) is 0 Å². The summed E-state index contributed by atoms with van der Waals surface area (Å²) in [7, 11) is 0. The van der Waals surface area contributed by atoms with Crippen molar-refractivity contribution in [3.8, 4) is 0 Å². The fourth-order valence-corrected chi connectivity index (χ4v) is 1.98. The van der Waals surface area contributed by atoms with E-state index < -0.39 is 52.9 Å². The van der Waals surface area contributed by atoms with Gasteiger partial charge in [0.15, 0.2) is 11.5 Å². The third-order valence-electron chi connectivity index (χ3n) is 3.31. The van der Waals surface area contributed by atoms with Gasteiger partial charge in [-0.3, -0.25) is 0 Å². The number of hydrogen-bond acceptors (Lipinski definition) is 2. The van der Waals surface area contributed by atoms with E-state index in [4.69, 9.17) is 0 Å². The van der Waals surface area contributed by atoms with E-state index in [0.717, 1.165) is 12.1 Å². The number of aliphatic hydroxyl groups is 1. The van der Waals surface area contributed by atoms with Gasteiger partial charge in [-0.1, -0.05) is 12.1 Å². The molecule has 1 aliphatic heterocycles. The van der Waals surface area contributed by atoms with E-state index in [1.54, 1.807) is 0 Å². The monoisotopic (exact) mass is 384 g/mol. The minimum atomic E-state index is -6.42. The molecule has 25 heavy (non-hydrogen) atoms. The highest BCUT2D eigenvalue weighted by molar-refractivity contribution is 5.65. The first-order chi connectivity index (χ1) is 11.1. The van der Waals surface area contributed by atoms with Crippen LogP contribution >= 0.6 is 0 Å². The molecule has 1 atom stereocenters. The Morgan fingerprint density at radius 2 is 1.40 bits per heavy atom. The Bertz CT molecular complexity index is 684. The van der Waals surface area contributed by atoms with Gasteiger partial charge in [-0.15, -0.1) is 0 Å². The summed E-state index contributed by atoms with van der Waals surface area (Å²) < 4.78 is 130. The molecule has 1 saturated heterocycles. The maximum atomic E-state index is 13.7. The molecule has 12 heteroatoms. The van der Waals surface area contributed by atoms with Gasteiger partial charge in [-0.05, 0) is 12.1 Å². The average molecular weight is 384 g/mol. The second kappa shape index (κ2) is 5.43. The van der Waals surface area contributed by atoms with Gasteiger partial charge in [0.25, 0.3) is 0 Å². The fraction of sp³-hybridized carbons (Fsp3) is 0.385. The van der Waals surface area contributed by atoms with Gasteiger partial charge in [-0.25, -0.2) is 4.39 Å². The van der Waals surface area contributed by atoms with E-state index in [-0.39, 0.29) is 6.07 Å². The van der Waals surface area contributed by atoms with E-state index in [1.807, 2.05) is 0 Å². The maximum Gasteiger partial charge on any atom is 0.435 e. The molecule has 1 aliphatic rings. The largest absolute Gasteiger partial charge is 0.504 e. The minimum absolute atomic E-state index is 0.266. The molecule has 2 rings (SSSR count). The van der Waals surface area contributed by atoms with Gasteiger partial charge in [0, 0.05) is 5.56 Å². The number of rotatable bonds is 2. The Hall–Kier alpha value is -2.14. The summed E-state index contributed by atoms with van der Waals surface area (Å²) in [6.07, 6.45) is -21.0. The molecule has 1 unspecified atom stereocenters. The molecule has 0 saturated carbocycles. The van der Waals surface area contributed by atoms with Crippen molar-refractivity contribution < 1.29 is 53.7 Å². The Morgan fingerprint density at radius 1 is 0.880 bits per heavy atom. The van der Waals surface area contributed by atoms with Crippen LogP contribution in [0, 0.1) is 0 Å². The Morgan fingerprint density at radius 3 is 1.84 bits per heavy atom. The predicted molar refractivity (Wildman–Crippen MR) is 61.8 cm³/mol. The number of epoxide rings is 1. The van der Waals surface area contributed by atoms with E-state index in [0.29, 0.717) is 6.07 Å². The number of aliphatic hydroxyl groups excluding tert-OH is 1. The molecule has 0 aromatic heterocycles. The van der Waals surface area contributed by atoms with Crippen molar-refractivity contribution in [2.24, 2.45) is 0 Å². The maximum absolute atomic E-state index is 13.7. The van der Waals surface area contributed by atoms with Crippen LogP contribution in [0.5, 0.6) is 0 Å². The van der Waals surface area contributed by atoms with E-state index in [2.05, 4.69) is 4.74 Å². The van der Waals surface area contributed by atoms with Crippen LogP contribution in [0.1, 0.15) is 11.1 Å². The Balaban J connectivity index is 2.44. The van der Waals surface area contributed by atoms with Gasteiger partial charge in [0.2, 0.25) is 6.10 Å². The number of alkyl halides is 10. The lowest BCUT2D eigenvalue weighted by Gasteiger charge is -2.27. The molecule has 0 amide bonds. The summed E-state index contributed by atoms with van der Waals surface area (Å²) in [5.41, 5.74) is -7.92. The molecule has 1 aromatic carbocycles. The summed E-state index contributed by atoms with van der Waals surface area (Å²) in [5, 5.41) is 9.60. The number of benzene rings is 1. The van der Waals surface area contributed by atoms with Crippen LogP contribution < -0.4 is 0 Å². The Labute approximate surface area is 132 Å². The zero-order chi connectivity index (χ0) is 19.4. The molecular weight excluding hydrogens is 378 g/mol. The number of ether oxygens (including phenoxy) is 1. The topological polar surface area (TPSA) is 32.8 Å². The summed E-state index contributed by atoms with van der Waals surface area (Å²) in [6.45, 7) is 0. The van der Waals surface area contributed by atoms with Gasteiger partial charge in [0.05, 0.1) is 5.56 Å². The van der Waals surface area contributed by atoms with Crippen molar-refractivity contribution in [1.29, 1.82) is 0 Å².